The Balaban J connectivity index is 1.80. The van der Waals surface area contributed by atoms with Crippen molar-refractivity contribution in [2.24, 2.45) is 0 Å². The number of rotatable bonds is 6. The monoisotopic (exact) mass is 290 g/mol. The standard InChI is InChI=1S/C17H26N2O2/c1-3-20-15-7-5-4-6-14(15)17-16(12-18-13-8-9-13)21-11-10-19(17)2/h4-7,13,16-18H,3,8-12H2,1-2H3. The van der Waals surface area contributed by atoms with Crippen LogP contribution in [0.1, 0.15) is 31.4 Å². The van der Waals surface area contributed by atoms with Gasteiger partial charge in [-0.1, -0.05) is 18.2 Å². The van der Waals surface area contributed by atoms with Gasteiger partial charge < -0.3 is 14.8 Å². The van der Waals surface area contributed by atoms with Gasteiger partial charge >= 0.3 is 0 Å². The van der Waals surface area contributed by atoms with E-state index >= 15 is 0 Å². The van der Waals surface area contributed by atoms with Gasteiger partial charge in [-0.3, -0.25) is 4.90 Å². The van der Waals surface area contributed by atoms with Crippen molar-refractivity contribution in [2.75, 3.05) is 33.4 Å². The minimum Gasteiger partial charge on any atom is -0.494 e. The number of ether oxygens (including phenoxy) is 2. The normalized spacial score (nSPS) is 26.8. The molecule has 1 heterocycles. The predicted octanol–water partition coefficient (Wildman–Crippen LogP) is 2.21. The molecular formula is C17H26N2O2. The number of benzene rings is 1. The summed E-state index contributed by atoms with van der Waals surface area (Å²) in [4.78, 5) is 2.39. The minimum absolute atomic E-state index is 0.186. The van der Waals surface area contributed by atoms with Crippen molar-refractivity contribution < 1.29 is 9.47 Å². The van der Waals surface area contributed by atoms with Crippen LogP contribution in [0.5, 0.6) is 5.75 Å². The Hall–Kier alpha value is -1.10. The molecule has 3 rings (SSSR count). The highest BCUT2D eigenvalue weighted by atomic mass is 16.5. The zero-order chi connectivity index (χ0) is 14.7. The molecule has 1 saturated carbocycles. The first-order chi connectivity index (χ1) is 10.3. The van der Waals surface area contributed by atoms with Crippen LogP contribution < -0.4 is 10.1 Å². The third kappa shape index (κ3) is 3.57. The van der Waals surface area contributed by atoms with Crippen molar-refractivity contribution in [1.82, 2.24) is 10.2 Å². The molecule has 0 aromatic heterocycles. The summed E-state index contributed by atoms with van der Waals surface area (Å²) in [5.74, 6) is 0.985. The van der Waals surface area contributed by atoms with Gasteiger partial charge in [0.25, 0.3) is 0 Å². The Morgan fingerprint density at radius 1 is 1.33 bits per heavy atom. The number of nitrogens with zero attached hydrogens (tertiary/aromatic N) is 1. The quantitative estimate of drug-likeness (QED) is 0.871. The Kier molecular flexibility index (Phi) is 4.78. The van der Waals surface area contributed by atoms with Crippen LogP contribution in [0.15, 0.2) is 24.3 Å². The third-order valence-electron chi connectivity index (χ3n) is 4.33. The molecular weight excluding hydrogens is 264 g/mol. The lowest BCUT2D eigenvalue weighted by atomic mass is 9.97. The molecule has 0 spiro atoms. The van der Waals surface area contributed by atoms with Gasteiger partial charge in [-0.15, -0.1) is 0 Å². The summed E-state index contributed by atoms with van der Waals surface area (Å²) in [6.07, 6.45) is 2.80. The maximum Gasteiger partial charge on any atom is 0.124 e. The fraction of sp³-hybridized carbons (Fsp3) is 0.647. The number of morpholine rings is 1. The lowest BCUT2D eigenvalue weighted by Gasteiger charge is -2.40. The van der Waals surface area contributed by atoms with Gasteiger partial charge in [0.1, 0.15) is 5.75 Å². The van der Waals surface area contributed by atoms with Crippen LogP contribution >= 0.6 is 0 Å². The average molecular weight is 290 g/mol. The van der Waals surface area contributed by atoms with Gasteiger partial charge in [-0.2, -0.15) is 0 Å². The molecule has 1 aromatic carbocycles. The first kappa shape index (κ1) is 14.8. The largest absolute Gasteiger partial charge is 0.494 e. The smallest absolute Gasteiger partial charge is 0.124 e. The lowest BCUT2D eigenvalue weighted by molar-refractivity contribution is -0.0621. The number of hydrogen-bond donors (Lipinski definition) is 1. The SMILES string of the molecule is CCOc1ccccc1C1C(CNC2CC2)OCCN1C. The fourth-order valence-electron chi connectivity index (χ4n) is 3.05. The van der Waals surface area contributed by atoms with Crippen molar-refractivity contribution in [3.05, 3.63) is 29.8 Å². The van der Waals surface area contributed by atoms with Gasteiger partial charge in [0, 0.05) is 24.7 Å². The Labute approximate surface area is 127 Å². The highest BCUT2D eigenvalue weighted by Gasteiger charge is 2.34. The third-order valence-corrected chi connectivity index (χ3v) is 4.33. The maximum absolute atomic E-state index is 6.07. The van der Waals surface area contributed by atoms with Crippen LogP contribution in [0.2, 0.25) is 0 Å². The molecule has 1 aromatic rings. The summed E-state index contributed by atoms with van der Waals surface area (Å²) < 4.78 is 11.9. The molecule has 2 unspecified atom stereocenters. The molecule has 0 amide bonds. The molecule has 2 atom stereocenters. The number of hydrogen-bond acceptors (Lipinski definition) is 4. The van der Waals surface area contributed by atoms with E-state index in [4.69, 9.17) is 9.47 Å². The number of para-hydroxylation sites is 1. The Morgan fingerprint density at radius 3 is 2.90 bits per heavy atom. The molecule has 2 aliphatic rings. The zero-order valence-electron chi connectivity index (χ0n) is 13.0. The fourth-order valence-corrected chi connectivity index (χ4v) is 3.05. The van der Waals surface area contributed by atoms with Gasteiger partial charge in [0.15, 0.2) is 0 Å². The first-order valence-electron chi connectivity index (χ1n) is 8.06. The van der Waals surface area contributed by atoms with E-state index in [1.165, 1.54) is 18.4 Å². The van der Waals surface area contributed by atoms with Crippen LogP contribution in [-0.2, 0) is 4.74 Å². The molecule has 2 fully saturated rings. The summed E-state index contributed by atoms with van der Waals surface area (Å²) in [6, 6.07) is 9.33. The highest BCUT2D eigenvalue weighted by Crippen LogP contribution is 2.34. The molecule has 0 bridgehead atoms. The van der Waals surface area contributed by atoms with Gasteiger partial charge in [0.2, 0.25) is 0 Å². The van der Waals surface area contributed by atoms with Crippen LogP contribution in [0, 0.1) is 0 Å². The molecule has 116 valence electrons. The van der Waals surface area contributed by atoms with E-state index in [1.807, 2.05) is 13.0 Å². The van der Waals surface area contributed by atoms with E-state index < -0.39 is 0 Å². The summed E-state index contributed by atoms with van der Waals surface area (Å²) >= 11 is 0. The molecule has 0 radical (unpaired) electrons. The topological polar surface area (TPSA) is 33.7 Å². The Bertz CT molecular complexity index is 462. The second-order valence-corrected chi connectivity index (χ2v) is 5.99. The van der Waals surface area contributed by atoms with Gasteiger partial charge in [-0.25, -0.2) is 0 Å². The van der Waals surface area contributed by atoms with Gasteiger partial charge in [0.05, 0.1) is 25.4 Å². The molecule has 1 aliphatic carbocycles. The molecule has 1 saturated heterocycles. The molecule has 4 heteroatoms. The van der Waals surface area contributed by atoms with E-state index in [1.54, 1.807) is 0 Å². The van der Waals surface area contributed by atoms with Crippen LogP contribution in [0.3, 0.4) is 0 Å². The Morgan fingerprint density at radius 2 is 2.14 bits per heavy atom. The van der Waals surface area contributed by atoms with Crippen LogP contribution in [-0.4, -0.2) is 50.4 Å². The number of likely N-dealkylation sites (N-methyl/N-ethyl adjacent to an activating group) is 1. The average Bonchev–Trinajstić information content (AvgIpc) is 3.31. The van der Waals surface area contributed by atoms with Crippen molar-refractivity contribution in [2.45, 2.75) is 38.0 Å². The highest BCUT2D eigenvalue weighted by molar-refractivity contribution is 5.37. The predicted molar refractivity (Wildman–Crippen MR) is 83.7 cm³/mol. The van der Waals surface area contributed by atoms with Crippen molar-refractivity contribution in [3.63, 3.8) is 0 Å². The van der Waals surface area contributed by atoms with Crippen molar-refractivity contribution >= 4 is 0 Å². The van der Waals surface area contributed by atoms with Crippen molar-refractivity contribution in [3.8, 4) is 5.75 Å². The maximum atomic E-state index is 6.07. The zero-order valence-corrected chi connectivity index (χ0v) is 13.0. The second kappa shape index (κ2) is 6.77. The number of nitrogens with one attached hydrogen (secondary N) is 1. The van der Waals surface area contributed by atoms with E-state index in [0.717, 1.165) is 25.4 Å². The lowest BCUT2D eigenvalue weighted by Crippen LogP contribution is -2.47. The summed E-state index contributed by atoms with van der Waals surface area (Å²) in [6.45, 7) is 5.41. The van der Waals surface area contributed by atoms with E-state index in [-0.39, 0.29) is 12.1 Å². The molecule has 1 N–H and O–H groups in total. The minimum atomic E-state index is 0.186. The summed E-state index contributed by atoms with van der Waals surface area (Å²) in [5, 5.41) is 3.61. The summed E-state index contributed by atoms with van der Waals surface area (Å²) in [5.41, 5.74) is 1.24. The van der Waals surface area contributed by atoms with Crippen LogP contribution in [0.4, 0.5) is 0 Å². The van der Waals surface area contributed by atoms with E-state index in [0.29, 0.717) is 12.6 Å². The van der Waals surface area contributed by atoms with E-state index in [2.05, 4.69) is 35.5 Å². The van der Waals surface area contributed by atoms with Crippen LogP contribution in [0.25, 0.3) is 0 Å². The van der Waals surface area contributed by atoms with E-state index in [9.17, 15) is 0 Å². The second-order valence-electron chi connectivity index (χ2n) is 5.99. The molecule has 4 nitrogen and oxygen atoms in total. The first-order valence-corrected chi connectivity index (χ1v) is 8.06. The van der Waals surface area contributed by atoms with Gasteiger partial charge in [-0.05, 0) is 32.9 Å². The summed E-state index contributed by atoms with van der Waals surface area (Å²) in [7, 11) is 2.18. The van der Waals surface area contributed by atoms with Crippen molar-refractivity contribution in [1.29, 1.82) is 0 Å². The molecule has 1 aliphatic heterocycles. The molecule has 21 heavy (non-hydrogen) atoms.